The predicted molar refractivity (Wildman–Crippen MR) is 54.9 cm³/mol. The number of halogens is 2. The summed E-state index contributed by atoms with van der Waals surface area (Å²) in [5, 5.41) is 0.239. The second kappa shape index (κ2) is 5.38. The lowest BCUT2D eigenvalue weighted by molar-refractivity contribution is -0.136. The van der Waals surface area contributed by atoms with Crippen molar-refractivity contribution in [1.29, 1.82) is 0 Å². The first kappa shape index (κ1) is 11.5. The quantitative estimate of drug-likeness (QED) is 0.543. The topological polar surface area (TPSA) is 26.3 Å². The van der Waals surface area contributed by atoms with Crippen molar-refractivity contribution in [2.45, 2.75) is 6.92 Å². The first-order chi connectivity index (χ1) is 7.11. The molecule has 2 nitrogen and oxygen atoms in total. The van der Waals surface area contributed by atoms with E-state index in [0.717, 1.165) is 6.07 Å². The molecule has 0 saturated heterocycles. The third-order valence-electron chi connectivity index (χ3n) is 1.45. The van der Waals surface area contributed by atoms with Crippen LogP contribution in [-0.2, 0) is 9.53 Å². The summed E-state index contributed by atoms with van der Waals surface area (Å²) in [6.07, 6.45) is 0. The summed E-state index contributed by atoms with van der Waals surface area (Å²) in [6.45, 7) is 1.94. The van der Waals surface area contributed by atoms with Gasteiger partial charge in [0, 0.05) is 16.5 Å². The Bertz CT molecular complexity index is 412. The maximum absolute atomic E-state index is 12.8. The molecular formula is C11H8ClFO2. The lowest BCUT2D eigenvalue weighted by Crippen LogP contribution is -1.99. The average Bonchev–Trinajstić information content (AvgIpc) is 2.14. The zero-order valence-corrected chi connectivity index (χ0v) is 8.77. The molecule has 0 aromatic heterocycles. The van der Waals surface area contributed by atoms with Gasteiger partial charge in [0.05, 0.1) is 6.61 Å². The Morgan fingerprint density at radius 3 is 2.87 bits per heavy atom. The van der Waals surface area contributed by atoms with Gasteiger partial charge in [0.2, 0.25) is 0 Å². The molecule has 0 unspecified atom stereocenters. The van der Waals surface area contributed by atoms with Crippen LogP contribution in [0.25, 0.3) is 0 Å². The lowest BCUT2D eigenvalue weighted by atomic mass is 10.2. The number of rotatable bonds is 1. The normalized spacial score (nSPS) is 9.00. The van der Waals surface area contributed by atoms with Crippen molar-refractivity contribution in [2.75, 3.05) is 6.61 Å². The van der Waals surface area contributed by atoms with Crippen molar-refractivity contribution < 1.29 is 13.9 Å². The van der Waals surface area contributed by atoms with Gasteiger partial charge >= 0.3 is 5.97 Å². The number of carbonyl (C=O) groups excluding carboxylic acids is 1. The highest BCUT2D eigenvalue weighted by Crippen LogP contribution is 2.12. The third kappa shape index (κ3) is 4.01. The van der Waals surface area contributed by atoms with E-state index in [4.69, 9.17) is 11.6 Å². The highest BCUT2D eigenvalue weighted by molar-refractivity contribution is 6.30. The Labute approximate surface area is 92.0 Å². The maximum atomic E-state index is 12.8. The summed E-state index contributed by atoms with van der Waals surface area (Å²) in [5.74, 6) is 3.55. The number of esters is 1. The van der Waals surface area contributed by atoms with E-state index in [1.165, 1.54) is 12.1 Å². The van der Waals surface area contributed by atoms with Gasteiger partial charge < -0.3 is 4.74 Å². The van der Waals surface area contributed by atoms with Crippen LogP contribution in [0.5, 0.6) is 0 Å². The van der Waals surface area contributed by atoms with Gasteiger partial charge in [0.1, 0.15) is 5.82 Å². The van der Waals surface area contributed by atoms with Crippen LogP contribution in [0.1, 0.15) is 12.5 Å². The zero-order valence-electron chi connectivity index (χ0n) is 8.01. The highest BCUT2D eigenvalue weighted by Gasteiger charge is 1.97. The van der Waals surface area contributed by atoms with Crippen LogP contribution in [0, 0.1) is 17.7 Å². The van der Waals surface area contributed by atoms with Crippen LogP contribution in [0.4, 0.5) is 4.39 Å². The fourth-order valence-electron chi connectivity index (χ4n) is 0.916. The molecule has 1 aromatic carbocycles. The first-order valence-corrected chi connectivity index (χ1v) is 4.64. The van der Waals surface area contributed by atoms with Crippen LogP contribution in [0.3, 0.4) is 0 Å². The van der Waals surface area contributed by atoms with Gasteiger partial charge in [-0.25, -0.2) is 9.18 Å². The average molecular weight is 227 g/mol. The molecule has 0 saturated carbocycles. The largest absolute Gasteiger partial charge is 0.456 e. The van der Waals surface area contributed by atoms with Crippen molar-refractivity contribution in [3.63, 3.8) is 0 Å². The molecule has 0 spiro atoms. The Morgan fingerprint density at radius 1 is 1.53 bits per heavy atom. The zero-order chi connectivity index (χ0) is 11.3. The summed E-state index contributed by atoms with van der Waals surface area (Å²) < 4.78 is 17.4. The highest BCUT2D eigenvalue weighted by atomic mass is 35.5. The molecule has 0 aliphatic heterocycles. The second-order valence-electron chi connectivity index (χ2n) is 2.63. The summed E-state index contributed by atoms with van der Waals surface area (Å²) in [7, 11) is 0. The van der Waals surface area contributed by atoms with Crippen LogP contribution in [0.15, 0.2) is 18.2 Å². The number of benzene rings is 1. The van der Waals surface area contributed by atoms with E-state index in [1.807, 2.05) is 0 Å². The molecule has 15 heavy (non-hydrogen) atoms. The van der Waals surface area contributed by atoms with Gasteiger partial charge in [-0.05, 0) is 25.1 Å². The Kier molecular flexibility index (Phi) is 4.14. The number of hydrogen-bond donors (Lipinski definition) is 0. The smallest absolute Gasteiger partial charge is 0.384 e. The van der Waals surface area contributed by atoms with E-state index in [1.54, 1.807) is 6.92 Å². The molecule has 0 heterocycles. The van der Waals surface area contributed by atoms with E-state index in [0.29, 0.717) is 5.56 Å². The van der Waals surface area contributed by atoms with E-state index in [-0.39, 0.29) is 11.6 Å². The van der Waals surface area contributed by atoms with E-state index >= 15 is 0 Å². The monoisotopic (exact) mass is 226 g/mol. The van der Waals surface area contributed by atoms with Crippen molar-refractivity contribution in [3.8, 4) is 11.8 Å². The molecule has 0 aliphatic carbocycles. The van der Waals surface area contributed by atoms with E-state index < -0.39 is 11.8 Å². The van der Waals surface area contributed by atoms with Crippen LogP contribution >= 0.6 is 11.6 Å². The molecule has 4 heteroatoms. The van der Waals surface area contributed by atoms with Gasteiger partial charge in [-0.1, -0.05) is 17.5 Å². The molecule has 0 amide bonds. The minimum Gasteiger partial charge on any atom is -0.456 e. The molecule has 0 fully saturated rings. The SMILES string of the molecule is CCOC(=O)C#Cc1cc(F)cc(Cl)c1. The molecule has 0 N–H and O–H groups in total. The fourth-order valence-corrected chi connectivity index (χ4v) is 1.14. The van der Waals surface area contributed by atoms with Crippen molar-refractivity contribution in [3.05, 3.63) is 34.6 Å². The molecule has 1 rings (SSSR count). The van der Waals surface area contributed by atoms with Gasteiger partial charge in [-0.3, -0.25) is 0 Å². The lowest BCUT2D eigenvalue weighted by Gasteiger charge is -1.94. The fraction of sp³-hybridized carbons (Fsp3) is 0.182. The minimum absolute atomic E-state index is 0.239. The summed E-state index contributed by atoms with van der Waals surface area (Å²) in [6, 6.07) is 3.83. The van der Waals surface area contributed by atoms with Gasteiger partial charge in [-0.15, -0.1) is 0 Å². The molecular weight excluding hydrogens is 219 g/mol. The molecule has 0 aliphatic rings. The molecule has 0 atom stereocenters. The third-order valence-corrected chi connectivity index (χ3v) is 1.67. The standard InChI is InChI=1S/C11H8ClFO2/c1-2-15-11(14)4-3-8-5-9(12)7-10(13)6-8/h5-7H,2H2,1H3. The number of ether oxygens (including phenoxy) is 1. The first-order valence-electron chi connectivity index (χ1n) is 4.26. The molecule has 0 radical (unpaired) electrons. The second-order valence-corrected chi connectivity index (χ2v) is 3.07. The van der Waals surface area contributed by atoms with Gasteiger partial charge in [-0.2, -0.15) is 0 Å². The van der Waals surface area contributed by atoms with E-state index in [9.17, 15) is 9.18 Å². The Balaban J connectivity index is 2.84. The van der Waals surface area contributed by atoms with E-state index in [2.05, 4.69) is 16.6 Å². The van der Waals surface area contributed by atoms with Crippen LogP contribution in [0.2, 0.25) is 5.02 Å². The summed E-state index contributed by atoms with van der Waals surface area (Å²) in [4.78, 5) is 10.9. The Morgan fingerprint density at radius 2 is 2.27 bits per heavy atom. The van der Waals surface area contributed by atoms with Gasteiger partial charge in [0.25, 0.3) is 0 Å². The van der Waals surface area contributed by atoms with Crippen molar-refractivity contribution >= 4 is 17.6 Å². The molecule has 0 bridgehead atoms. The number of hydrogen-bond acceptors (Lipinski definition) is 2. The number of carbonyl (C=O) groups is 1. The van der Waals surface area contributed by atoms with Crippen molar-refractivity contribution in [1.82, 2.24) is 0 Å². The van der Waals surface area contributed by atoms with Crippen LogP contribution in [-0.4, -0.2) is 12.6 Å². The summed E-state index contributed by atoms with van der Waals surface area (Å²) >= 11 is 5.60. The predicted octanol–water partition coefficient (Wildman–Crippen LogP) is 2.39. The molecule has 78 valence electrons. The van der Waals surface area contributed by atoms with Gasteiger partial charge in [0.15, 0.2) is 0 Å². The Hall–Kier alpha value is -1.53. The van der Waals surface area contributed by atoms with Crippen LogP contribution < -0.4 is 0 Å². The minimum atomic E-state index is -0.641. The molecule has 1 aromatic rings. The van der Waals surface area contributed by atoms with Crippen molar-refractivity contribution in [2.24, 2.45) is 0 Å². The maximum Gasteiger partial charge on any atom is 0.384 e. The summed E-state index contributed by atoms with van der Waals surface area (Å²) in [5.41, 5.74) is 0.341.